The maximum Gasteiger partial charge on any atom is 0.407 e. The molecular weight excluding hydrogens is 1670 g/mol. The summed E-state index contributed by atoms with van der Waals surface area (Å²) in [5.41, 5.74) is 17.1. The van der Waals surface area contributed by atoms with Crippen LogP contribution in [0.25, 0.3) is 109 Å². The molecule has 10 heterocycles. The number of aryl methyl sites for hydroxylation is 8. The maximum atomic E-state index is 13.1. The average Bonchev–Trinajstić information content (AvgIpc) is 1.55. The Morgan fingerprint density at radius 1 is 0.408 bits per heavy atom. The van der Waals surface area contributed by atoms with E-state index in [0.29, 0.717) is 160 Å². The molecular formula is C96H106ClN21O12. The summed E-state index contributed by atoms with van der Waals surface area (Å²) in [5, 5.41) is 58.6. The number of para-hydroxylation sites is 4. The molecule has 674 valence electrons. The van der Waals surface area contributed by atoms with Crippen LogP contribution in [0.15, 0.2) is 188 Å². The van der Waals surface area contributed by atoms with Crippen LogP contribution in [-0.2, 0) is 37.5 Å². The highest BCUT2D eigenvalue weighted by atomic mass is 35.5. The van der Waals surface area contributed by atoms with E-state index >= 15 is 0 Å². The number of carbonyl (C=O) groups excluding carboxylic acids is 4. The number of rotatable bonds is 22. The van der Waals surface area contributed by atoms with Gasteiger partial charge in [0.1, 0.15) is 33.2 Å². The Labute approximate surface area is 749 Å². The zero-order chi connectivity index (χ0) is 92.0. The lowest BCUT2D eigenvalue weighted by Crippen LogP contribution is -2.44. The number of fused-ring (bicyclic) bond motifs is 15. The largest absolute Gasteiger partial charge is 0.493 e. The third-order valence-electron chi connectivity index (χ3n) is 22.9. The number of urea groups is 1. The van der Waals surface area contributed by atoms with Gasteiger partial charge < -0.3 is 69.4 Å². The van der Waals surface area contributed by atoms with E-state index in [1.165, 1.54) is 13.5 Å². The number of aromatic nitrogens is 15. The Bertz CT molecular complexity index is 7390. The van der Waals surface area contributed by atoms with Gasteiger partial charge in [0.25, 0.3) is 39.6 Å². The second-order valence-electron chi connectivity index (χ2n) is 32.8. The van der Waals surface area contributed by atoms with Crippen molar-refractivity contribution >= 4 is 145 Å². The molecule has 0 spiro atoms. The van der Waals surface area contributed by atoms with Gasteiger partial charge in [0.05, 0.1) is 68.7 Å². The minimum atomic E-state index is -0.555. The van der Waals surface area contributed by atoms with Gasteiger partial charge in [-0.05, 0) is 167 Å². The van der Waals surface area contributed by atoms with Crippen molar-refractivity contribution in [1.82, 2.24) is 100 Å². The molecule has 0 atom stereocenters. The van der Waals surface area contributed by atoms with Gasteiger partial charge in [0.15, 0.2) is 11.5 Å². The number of alkyl carbamates (subject to hydrolysis) is 1. The zero-order valence-corrected chi connectivity index (χ0v) is 75.0. The van der Waals surface area contributed by atoms with E-state index in [2.05, 4.69) is 77.6 Å². The van der Waals surface area contributed by atoms with Crippen LogP contribution < -0.4 is 69.6 Å². The van der Waals surface area contributed by atoms with Gasteiger partial charge >= 0.3 is 12.1 Å². The van der Waals surface area contributed by atoms with Crippen molar-refractivity contribution in [2.45, 2.75) is 151 Å². The summed E-state index contributed by atoms with van der Waals surface area (Å²) in [6.07, 6.45) is 7.19. The quantitative estimate of drug-likeness (QED) is 0.0281. The molecule has 0 saturated heterocycles. The molecule has 0 unspecified atom stereocenters. The Morgan fingerprint density at radius 2 is 0.769 bits per heavy atom. The first kappa shape index (κ1) is 91.5. The Morgan fingerprint density at radius 3 is 1.17 bits per heavy atom. The number of nitrogens with two attached hydrogens (primary N) is 1. The molecule has 1 fully saturated rings. The standard InChI is InChI=1S/C23H24N4O4.C21H20N4O2.C20H24ClN5O2.C18H22N4O3.C14H16N4O/c1-14-20-21(26-25-14)16-7-4-5-8-17(16)27(23(20)29)12-6-11-24-22(28)15-9-10-18(30-2)19(13-15)31-3;1-14-18-19(24-23-14)16-10-5-6-11-17(16)25(21(18)27)13-7-12-22-20(26)15-8-3-2-4-9-15;1-12-17-18(25-24-12)15-8-7-13(21)11-16(15)26(19(17)27)10-9-22-20(28)23-14-5-3-2-4-6-14;1-11-14-15(21-20-11)12-7-5-6-8-13(12)22(16(14)23)10-9-19-17(24)25-18(2,3)4;1-9-12-13(17-16-9)10-5-2-3-6-11(10)18(14(12)19)8-4-7-15/h4-5,7-10,13H,6,11-12H2,1-3H3,(H,24,28)(H,25,26);2-6,8-11H,7,12-13H2,1H3,(H,22,26)(H,23,24);7-8,11,14H,2-6,9-10H2,1H3,(H,24,25)(H2,22,23,28);5-8H,9-10H2,1-4H3,(H,19,24)(H,20,21);2-3,5-6H,4,7-8,15H2,1H3,(H,16,17). The van der Waals surface area contributed by atoms with E-state index in [1.807, 2.05) is 156 Å². The third kappa shape index (κ3) is 20.0. The SMILES string of the molecule is COc1ccc(C(=O)NCCCn2c(=O)c3c(C)[nH]nc3c3ccccc32)cc1OC.Cc1[nH]nc2c1c(=O)n(CCCN)c1ccccc21.Cc1[nH]nc2c1c(=O)n(CCCNC(=O)c1ccccc1)c1ccccc21.Cc1[nH]nc2c1c(=O)n(CCNC(=O)NC1CCCCC1)c1cc(Cl)ccc21.Cc1[nH]nc2c1c(=O)n(CCNC(=O)OC(C)(C)C)c1ccccc21. The topological polar surface area (TPSA) is 436 Å². The van der Waals surface area contributed by atoms with Crippen LogP contribution in [0.4, 0.5) is 9.59 Å². The Hall–Kier alpha value is -14.7. The molecule has 5 amide bonds. The second kappa shape index (κ2) is 40.9. The number of hydrogen-bond acceptors (Lipinski definition) is 18. The molecule has 1 aliphatic rings. The predicted octanol–water partition coefficient (Wildman–Crippen LogP) is 13.7. The van der Waals surface area contributed by atoms with Gasteiger partial charge in [-0.1, -0.05) is 122 Å². The van der Waals surface area contributed by atoms with E-state index in [9.17, 15) is 43.2 Å². The van der Waals surface area contributed by atoms with Crippen LogP contribution in [-0.4, -0.2) is 156 Å². The molecule has 0 bridgehead atoms. The Kier molecular flexibility index (Phi) is 28.8. The zero-order valence-electron chi connectivity index (χ0n) is 74.2. The fourth-order valence-corrected chi connectivity index (χ4v) is 16.7. The number of benzene rings is 7. The normalized spacial score (nSPS) is 12.2. The second-order valence-corrected chi connectivity index (χ2v) is 33.3. The summed E-state index contributed by atoms with van der Waals surface area (Å²) < 4.78 is 24.3. The van der Waals surface area contributed by atoms with Crippen molar-refractivity contribution in [3.8, 4) is 11.5 Å². The average molecular weight is 1780 g/mol. The highest BCUT2D eigenvalue weighted by molar-refractivity contribution is 6.31. The Balaban J connectivity index is 0.000000132. The minimum Gasteiger partial charge on any atom is -0.493 e. The molecule has 18 rings (SSSR count). The number of aromatic amines is 5. The molecule has 1 saturated carbocycles. The molecule has 0 aliphatic heterocycles. The van der Waals surface area contributed by atoms with Gasteiger partial charge in [-0.25, -0.2) is 9.59 Å². The molecule has 1 aliphatic carbocycles. The fraction of sp³-hybridized carbons (Fsp3) is 0.312. The van der Waals surface area contributed by atoms with Gasteiger partial charge in [0.2, 0.25) is 0 Å². The number of pyridine rings is 5. The van der Waals surface area contributed by atoms with E-state index in [0.717, 1.165) is 115 Å². The first-order valence-electron chi connectivity index (χ1n) is 43.3. The van der Waals surface area contributed by atoms with Gasteiger partial charge in [-0.3, -0.25) is 59.1 Å². The molecule has 7 aromatic carbocycles. The highest BCUT2D eigenvalue weighted by Gasteiger charge is 2.24. The third-order valence-corrected chi connectivity index (χ3v) is 23.1. The van der Waals surface area contributed by atoms with Crippen LogP contribution in [0, 0.1) is 34.6 Å². The van der Waals surface area contributed by atoms with Crippen LogP contribution in [0.5, 0.6) is 11.5 Å². The number of nitrogens with one attached hydrogen (secondary N) is 10. The number of carbonyl (C=O) groups is 4. The predicted molar refractivity (Wildman–Crippen MR) is 509 cm³/mol. The lowest BCUT2D eigenvalue weighted by Gasteiger charge is -2.23. The molecule has 34 heteroatoms. The first-order valence-corrected chi connectivity index (χ1v) is 43.7. The summed E-state index contributed by atoms with van der Waals surface area (Å²) in [5.74, 6) is 0.750. The van der Waals surface area contributed by atoms with Crippen molar-refractivity contribution < 1.29 is 33.4 Å². The van der Waals surface area contributed by atoms with Gasteiger partial charge in [0, 0.05) is 136 Å². The molecule has 12 N–H and O–H groups in total. The smallest absolute Gasteiger partial charge is 0.407 e. The molecule has 10 aromatic heterocycles. The van der Waals surface area contributed by atoms with Gasteiger partial charge in [-0.15, -0.1) is 0 Å². The first-order chi connectivity index (χ1) is 62.8. The number of hydrogen-bond donors (Lipinski definition) is 11. The highest BCUT2D eigenvalue weighted by Crippen LogP contribution is 2.31. The summed E-state index contributed by atoms with van der Waals surface area (Å²) in [6, 6.07) is 50.6. The summed E-state index contributed by atoms with van der Waals surface area (Å²) in [4.78, 5) is 113. The van der Waals surface area contributed by atoms with Crippen molar-refractivity contribution in [1.29, 1.82) is 0 Å². The van der Waals surface area contributed by atoms with E-state index in [-0.39, 0.29) is 51.7 Å². The lowest BCUT2D eigenvalue weighted by atomic mass is 9.96. The van der Waals surface area contributed by atoms with Crippen molar-refractivity contribution in [3.05, 3.63) is 260 Å². The van der Waals surface area contributed by atoms with E-state index in [1.54, 1.807) is 93.2 Å². The number of nitrogens with zero attached hydrogens (tertiary/aromatic N) is 10. The van der Waals surface area contributed by atoms with Crippen LogP contribution in [0.1, 0.15) is 121 Å². The number of methoxy groups -OCH3 is 2. The number of ether oxygens (including phenoxy) is 3. The fourth-order valence-electron chi connectivity index (χ4n) is 16.6. The van der Waals surface area contributed by atoms with E-state index < -0.39 is 11.7 Å². The molecule has 0 radical (unpaired) electrons. The summed E-state index contributed by atoms with van der Waals surface area (Å²) >= 11 is 6.17. The van der Waals surface area contributed by atoms with Crippen LogP contribution in [0.2, 0.25) is 5.02 Å². The summed E-state index contributed by atoms with van der Waals surface area (Å²) in [6.45, 7) is 19.1. The van der Waals surface area contributed by atoms with E-state index in [4.69, 9.17) is 31.5 Å². The van der Waals surface area contributed by atoms with Gasteiger partial charge in [-0.2, -0.15) is 25.5 Å². The van der Waals surface area contributed by atoms with Crippen molar-refractivity contribution in [2.24, 2.45) is 5.73 Å². The summed E-state index contributed by atoms with van der Waals surface area (Å²) in [7, 11) is 3.08. The lowest BCUT2D eigenvalue weighted by molar-refractivity contribution is 0.0525. The minimum absolute atomic E-state index is 0.00778. The van der Waals surface area contributed by atoms with Crippen LogP contribution in [0.3, 0.4) is 0 Å². The number of halogens is 1. The number of H-pyrrole nitrogens is 5. The monoisotopic (exact) mass is 1780 g/mol. The van der Waals surface area contributed by atoms with Crippen molar-refractivity contribution in [3.63, 3.8) is 0 Å². The molecule has 130 heavy (non-hydrogen) atoms. The molecule has 17 aromatic rings. The molecule has 33 nitrogen and oxygen atoms in total. The van der Waals surface area contributed by atoms with Crippen molar-refractivity contribution in [2.75, 3.05) is 46.9 Å². The maximum absolute atomic E-state index is 13.1. The van der Waals surface area contributed by atoms with Crippen LogP contribution >= 0.6 is 11.6 Å². The number of amides is 5.